The summed E-state index contributed by atoms with van der Waals surface area (Å²) in [5.41, 5.74) is 7.40. The van der Waals surface area contributed by atoms with E-state index in [4.69, 9.17) is 10.5 Å². The number of benzene rings is 1. The summed E-state index contributed by atoms with van der Waals surface area (Å²) in [6, 6.07) is 5.99. The maximum Gasteiger partial charge on any atom is 0.264 e. The first-order chi connectivity index (χ1) is 8.95. The maximum absolute atomic E-state index is 11.7. The van der Waals surface area contributed by atoms with Crippen molar-refractivity contribution in [3.63, 3.8) is 0 Å². The number of carbonyl (C=O) groups excluding carboxylic acids is 1. The van der Waals surface area contributed by atoms with Crippen LogP contribution < -0.4 is 20.7 Å². The number of nitrogens with zero attached hydrogens (tertiary/aromatic N) is 1. The first kappa shape index (κ1) is 13.8. The van der Waals surface area contributed by atoms with Crippen molar-refractivity contribution in [3.05, 3.63) is 23.8 Å². The third kappa shape index (κ3) is 2.72. The monoisotopic (exact) mass is 263 g/mol. The molecule has 0 saturated carbocycles. The van der Waals surface area contributed by atoms with Gasteiger partial charge < -0.3 is 20.7 Å². The Kier molecular flexibility index (Phi) is 3.78. The molecular weight excluding hydrogens is 242 g/mol. The van der Waals surface area contributed by atoms with Crippen LogP contribution in [-0.2, 0) is 10.2 Å². The highest BCUT2D eigenvalue weighted by molar-refractivity contribution is 5.97. The molecule has 5 heteroatoms. The van der Waals surface area contributed by atoms with E-state index in [0.29, 0.717) is 6.67 Å². The fraction of sp³-hybridized carbons (Fsp3) is 0.500. The number of nitrogens with two attached hydrogens (primary N) is 1. The molecule has 1 aromatic rings. The van der Waals surface area contributed by atoms with E-state index < -0.39 is 0 Å². The molecule has 0 aliphatic carbocycles. The molecule has 2 rings (SSSR count). The lowest BCUT2D eigenvalue weighted by Gasteiger charge is -2.30. The van der Waals surface area contributed by atoms with Gasteiger partial charge in [0.05, 0.1) is 5.69 Å². The maximum atomic E-state index is 11.7. The van der Waals surface area contributed by atoms with Gasteiger partial charge in [-0.1, -0.05) is 19.9 Å². The van der Waals surface area contributed by atoms with Crippen molar-refractivity contribution in [3.8, 4) is 5.75 Å². The molecule has 0 bridgehead atoms. The number of carbonyl (C=O) groups is 1. The van der Waals surface area contributed by atoms with Gasteiger partial charge in [0.2, 0.25) is 0 Å². The normalized spacial score (nSPS) is 15.2. The van der Waals surface area contributed by atoms with Crippen molar-refractivity contribution in [1.29, 1.82) is 0 Å². The largest absolute Gasteiger partial charge is 0.482 e. The smallest absolute Gasteiger partial charge is 0.264 e. The number of hydrogen-bond acceptors (Lipinski definition) is 4. The topological polar surface area (TPSA) is 67.6 Å². The summed E-state index contributed by atoms with van der Waals surface area (Å²) in [6.07, 6.45) is 0. The second-order valence-electron chi connectivity index (χ2n) is 5.44. The Hall–Kier alpha value is -1.59. The number of hydrogen-bond donors (Lipinski definition) is 2. The van der Waals surface area contributed by atoms with E-state index in [1.165, 1.54) is 0 Å². The van der Waals surface area contributed by atoms with E-state index in [2.05, 4.69) is 19.2 Å². The summed E-state index contributed by atoms with van der Waals surface area (Å²) in [6.45, 7) is 5.63. The van der Waals surface area contributed by atoms with Crippen molar-refractivity contribution in [2.45, 2.75) is 19.3 Å². The van der Waals surface area contributed by atoms with Crippen molar-refractivity contribution in [2.75, 3.05) is 31.8 Å². The molecule has 0 spiro atoms. The van der Waals surface area contributed by atoms with Crippen LogP contribution in [0, 0.1) is 0 Å². The van der Waals surface area contributed by atoms with Gasteiger partial charge in [0.1, 0.15) is 5.75 Å². The van der Waals surface area contributed by atoms with Gasteiger partial charge in [-0.15, -0.1) is 0 Å². The standard InChI is InChI=1S/C14H21N3O2/c1-14(2,8-16-9-15)10-4-5-12-11(6-10)17(3)13(18)7-19-12/h4-6,16H,7-9,15H2,1-3H3. The summed E-state index contributed by atoms with van der Waals surface area (Å²) in [7, 11) is 1.78. The first-order valence-electron chi connectivity index (χ1n) is 6.40. The molecule has 104 valence electrons. The Bertz CT molecular complexity index is 486. The molecule has 0 fully saturated rings. The first-order valence-corrected chi connectivity index (χ1v) is 6.40. The number of ether oxygens (including phenoxy) is 1. The molecule has 1 aromatic carbocycles. The molecule has 0 atom stereocenters. The minimum atomic E-state index is -0.0598. The number of amides is 1. The lowest BCUT2D eigenvalue weighted by atomic mass is 9.84. The molecule has 3 N–H and O–H groups in total. The molecule has 0 saturated heterocycles. The number of nitrogens with one attached hydrogen (secondary N) is 1. The Morgan fingerprint density at radius 3 is 2.89 bits per heavy atom. The second kappa shape index (κ2) is 5.19. The lowest BCUT2D eigenvalue weighted by Crippen LogP contribution is -2.37. The number of rotatable bonds is 4. The number of anilines is 1. The fourth-order valence-corrected chi connectivity index (χ4v) is 2.18. The highest BCUT2D eigenvalue weighted by Gasteiger charge is 2.26. The van der Waals surface area contributed by atoms with Crippen LogP contribution in [0.2, 0.25) is 0 Å². The van der Waals surface area contributed by atoms with Crippen molar-refractivity contribution < 1.29 is 9.53 Å². The minimum Gasteiger partial charge on any atom is -0.482 e. The predicted molar refractivity (Wildman–Crippen MR) is 75.4 cm³/mol. The van der Waals surface area contributed by atoms with E-state index in [1.807, 2.05) is 18.2 Å². The predicted octanol–water partition coefficient (Wildman–Crippen LogP) is 0.825. The summed E-state index contributed by atoms with van der Waals surface area (Å²) >= 11 is 0. The zero-order valence-corrected chi connectivity index (χ0v) is 11.7. The van der Waals surface area contributed by atoms with E-state index in [1.54, 1.807) is 11.9 Å². The van der Waals surface area contributed by atoms with Gasteiger partial charge in [-0.05, 0) is 17.7 Å². The van der Waals surface area contributed by atoms with Crippen LogP contribution in [0.25, 0.3) is 0 Å². The molecule has 1 heterocycles. The van der Waals surface area contributed by atoms with Gasteiger partial charge in [0, 0.05) is 25.7 Å². The number of fused-ring (bicyclic) bond motifs is 1. The van der Waals surface area contributed by atoms with Crippen LogP contribution in [0.4, 0.5) is 5.69 Å². The van der Waals surface area contributed by atoms with Gasteiger partial charge in [-0.3, -0.25) is 4.79 Å². The zero-order chi connectivity index (χ0) is 14.0. The average Bonchev–Trinajstić information content (AvgIpc) is 2.40. The molecule has 1 amide bonds. The van der Waals surface area contributed by atoms with Gasteiger partial charge in [-0.2, -0.15) is 0 Å². The third-order valence-electron chi connectivity index (χ3n) is 3.54. The van der Waals surface area contributed by atoms with Gasteiger partial charge in [0.15, 0.2) is 6.61 Å². The highest BCUT2D eigenvalue weighted by atomic mass is 16.5. The Balaban J connectivity index is 2.32. The Morgan fingerprint density at radius 2 is 2.21 bits per heavy atom. The molecular formula is C14H21N3O2. The molecule has 0 radical (unpaired) electrons. The molecule has 19 heavy (non-hydrogen) atoms. The van der Waals surface area contributed by atoms with Gasteiger partial charge in [-0.25, -0.2) is 0 Å². The lowest BCUT2D eigenvalue weighted by molar-refractivity contribution is -0.120. The van der Waals surface area contributed by atoms with Gasteiger partial charge >= 0.3 is 0 Å². The van der Waals surface area contributed by atoms with E-state index in [9.17, 15) is 4.79 Å². The zero-order valence-electron chi connectivity index (χ0n) is 11.7. The van der Waals surface area contributed by atoms with Crippen LogP contribution in [0.3, 0.4) is 0 Å². The molecule has 0 aromatic heterocycles. The molecule has 0 unspecified atom stereocenters. The van der Waals surface area contributed by atoms with Crippen LogP contribution in [0.5, 0.6) is 5.75 Å². The van der Waals surface area contributed by atoms with Crippen molar-refractivity contribution in [2.24, 2.45) is 5.73 Å². The van der Waals surface area contributed by atoms with E-state index in [0.717, 1.165) is 23.5 Å². The quantitative estimate of drug-likeness (QED) is 0.789. The minimum absolute atomic E-state index is 0.0254. The molecule has 1 aliphatic heterocycles. The second-order valence-corrected chi connectivity index (χ2v) is 5.44. The Labute approximate surface area is 113 Å². The SMILES string of the molecule is CN1C(=O)COc2ccc(C(C)(C)CNCN)cc21. The fourth-order valence-electron chi connectivity index (χ4n) is 2.18. The molecule has 1 aliphatic rings. The molecule has 5 nitrogen and oxygen atoms in total. The highest BCUT2D eigenvalue weighted by Crippen LogP contribution is 2.35. The summed E-state index contributed by atoms with van der Waals surface area (Å²) in [5.74, 6) is 0.732. The van der Waals surface area contributed by atoms with Crippen molar-refractivity contribution in [1.82, 2.24) is 5.32 Å². The van der Waals surface area contributed by atoms with Crippen LogP contribution in [0.15, 0.2) is 18.2 Å². The van der Waals surface area contributed by atoms with Crippen LogP contribution >= 0.6 is 0 Å². The summed E-state index contributed by atoms with van der Waals surface area (Å²) < 4.78 is 5.43. The van der Waals surface area contributed by atoms with Crippen LogP contribution in [0.1, 0.15) is 19.4 Å². The summed E-state index contributed by atoms with van der Waals surface area (Å²) in [4.78, 5) is 13.3. The van der Waals surface area contributed by atoms with E-state index >= 15 is 0 Å². The summed E-state index contributed by atoms with van der Waals surface area (Å²) in [5, 5.41) is 3.15. The van der Waals surface area contributed by atoms with E-state index in [-0.39, 0.29) is 17.9 Å². The van der Waals surface area contributed by atoms with Crippen molar-refractivity contribution >= 4 is 11.6 Å². The van der Waals surface area contributed by atoms with Gasteiger partial charge in [0.25, 0.3) is 5.91 Å². The van der Waals surface area contributed by atoms with Crippen LogP contribution in [-0.4, -0.2) is 32.8 Å². The average molecular weight is 263 g/mol. The number of likely N-dealkylation sites (N-methyl/N-ethyl adjacent to an activating group) is 1. The third-order valence-corrected chi connectivity index (χ3v) is 3.54. The Morgan fingerprint density at radius 1 is 1.47 bits per heavy atom.